The van der Waals surface area contributed by atoms with E-state index in [-0.39, 0.29) is 5.91 Å². The molecule has 2 rings (SSSR count). The van der Waals surface area contributed by atoms with Crippen LogP contribution in [0.2, 0.25) is 0 Å². The van der Waals surface area contributed by atoms with E-state index in [2.05, 4.69) is 18.7 Å². The number of hydrogen-bond acceptors (Lipinski definition) is 3. The molecule has 116 valence electrons. The van der Waals surface area contributed by atoms with Gasteiger partial charge in [-0.05, 0) is 44.4 Å². The third kappa shape index (κ3) is 4.21. The highest BCUT2D eigenvalue weighted by atomic mass is 16.2. The number of nitrogen functional groups attached to an aromatic ring is 1. The van der Waals surface area contributed by atoms with Gasteiger partial charge in [-0.3, -0.25) is 4.79 Å². The fourth-order valence-electron chi connectivity index (χ4n) is 2.93. The van der Waals surface area contributed by atoms with E-state index in [0.29, 0.717) is 18.5 Å². The van der Waals surface area contributed by atoms with E-state index >= 15 is 0 Å². The van der Waals surface area contributed by atoms with Crippen molar-refractivity contribution in [3.63, 3.8) is 0 Å². The second-order valence-electron chi connectivity index (χ2n) is 6.28. The maximum Gasteiger partial charge on any atom is 0.226 e. The van der Waals surface area contributed by atoms with E-state index in [1.165, 1.54) is 0 Å². The van der Waals surface area contributed by atoms with Crippen LogP contribution >= 0.6 is 0 Å². The van der Waals surface area contributed by atoms with Gasteiger partial charge in [0.2, 0.25) is 5.91 Å². The van der Waals surface area contributed by atoms with Crippen LogP contribution in [0.5, 0.6) is 0 Å². The van der Waals surface area contributed by atoms with Gasteiger partial charge in [0.15, 0.2) is 0 Å². The molecule has 1 aromatic rings. The smallest absolute Gasteiger partial charge is 0.226 e. The quantitative estimate of drug-likeness (QED) is 0.864. The topological polar surface area (TPSA) is 49.6 Å². The average molecular weight is 289 g/mol. The molecule has 4 nitrogen and oxygen atoms in total. The summed E-state index contributed by atoms with van der Waals surface area (Å²) in [5.74, 6) is 0.197. The molecule has 2 N–H and O–H groups in total. The summed E-state index contributed by atoms with van der Waals surface area (Å²) in [5.41, 5.74) is 7.44. The molecular weight excluding hydrogens is 262 g/mol. The first-order valence-corrected chi connectivity index (χ1v) is 7.81. The first-order valence-electron chi connectivity index (χ1n) is 7.81. The minimum atomic E-state index is 0.197. The maximum atomic E-state index is 12.4. The summed E-state index contributed by atoms with van der Waals surface area (Å²) in [6, 6.07) is 8.54. The molecule has 0 aromatic heterocycles. The molecule has 1 aliphatic rings. The van der Waals surface area contributed by atoms with Crippen molar-refractivity contribution >= 4 is 11.6 Å². The van der Waals surface area contributed by atoms with Gasteiger partial charge < -0.3 is 15.5 Å². The predicted octanol–water partition coefficient (Wildman–Crippen LogP) is 2.14. The molecule has 0 saturated carbocycles. The van der Waals surface area contributed by atoms with Crippen molar-refractivity contribution in [3.05, 3.63) is 29.8 Å². The van der Waals surface area contributed by atoms with Crippen molar-refractivity contribution in [2.45, 2.75) is 45.2 Å². The highest BCUT2D eigenvalue weighted by molar-refractivity contribution is 5.79. The van der Waals surface area contributed by atoms with E-state index in [1.807, 2.05) is 36.2 Å². The van der Waals surface area contributed by atoms with Gasteiger partial charge in [-0.25, -0.2) is 0 Å². The number of rotatable bonds is 4. The molecule has 1 amide bonds. The highest BCUT2D eigenvalue weighted by Gasteiger charge is 2.26. The predicted molar refractivity (Wildman–Crippen MR) is 87.1 cm³/mol. The third-order valence-corrected chi connectivity index (χ3v) is 4.51. The minimum absolute atomic E-state index is 0.197. The fraction of sp³-hybridized carbons (Fsp3) is 0.588. The van der Waals surface area contributed by atoms with Crippen LogP contribution in [0.15, 0.2) is 24.3 Å². The number of carbonyl (C=O) groups excluding carboxylic acids is 1. The van der Waals surface area contributed by atoms with Crippen LogP contribution in [-0.4, -0.2) is 47.9 Å². The molecule has 0 unspecified atom stereocenters. The molecule has 21 heavy (non-hydrogen) atoms. The number of anilines is 1. The van der Waals surface area contributed by atoms with Crippen molar-refractivity contribution in [1.82, 2.24) is 9.80 Å². The largest absolute Gasteiger partial charge is 0.399 e. The summed E-state index contributed by atoms with van der Waals surface area (Å²) in [6.45, 7) is 6.64. The second kappa shape index (κ2) is 6.94. The Kier molecular flexibility index (Phi) is 5.23. The number of nitrogens with two attached hydrogens (primary N) is 1. The lowest BCUT2D eigenvalue weighted by molar-refractivity contribution is -0.132. The van der Waals surface area contributed by atoms with Crippen molar-refractivity contribution in [3.8, 4) is 0 Å². The zero-order valence-corrected chi connectivity index (χ0v) is 13.4. The lowest BCUT2D eigenvalue weighted by atomic mass is 10.0. The highest BCUT2D eigenvalue weighted by Crippen LogP contribution is 2.18. The Morgan fingerprint density at radius 1 is 1.29 bits per heavy atom. The van der Waals surface area contributed by atoms with Crippen LogP contribution in [0.3, 0.4) is 0 Å². The minimum Gasteiger partial charge on any atom is -0.399 e. The van der Waals surface area contributed by atoms with Crippen LogP contribution < -0.4 is 5.73 Å². The molecule has 1 aromatic carbocycles. The second-order valence-corrected chi connectivity index (χ2v) is 6.28. The normalized spacial score (nSPS) is 17.1. The molecule has 1 saturated heterocycles. The van der Waals surface area contributed by atoms with Crippen LogP contribution in [0.1, 0.15) is 32.3 Å². The lowest BCUT2D eigenvalue weighted by Crippen LogP contribution is -2.47. The van der Waals surface area contributed by atoms with E-state index in [0.717, 1.165) is 37.2 Å². The molecule has 1 fully saturated rings. The molecule has 0 spiro atoms. The van der Waals surface area contributed by atoms with Gasteiger partial charge in [0.25, 0.3) is 0 Å². The summed E-state index contributed by atoms with van der Waals surface area (Å²) < 4.78 is 0. The molecule has 0 bridgehead atoms. The standard InChI is InChI=1S/C17H27N3O/c1-13(2)20-10-8-16(9-11-20)19(3)17(21)12-14-4-6-15(18)7-5-14/h4-7,13,16H,8-12,18H2,1-3H3. The summed E-state index contributed by atoms with van der Waals surface area (Å²) in [4.78, 5) is 16.8. The number of amides is 1. The lowest BCUT2D eigenvalue weighted by Gasteiger charge is -2.38. The van der Waals surface area contributed by atoms with E-state index in [9.17, 15) is 4.79 Å². The van der Waals surface area contributed by atoms with Gasteiger partial charge in [0.05, 0.1) is 6.42 Å². The molecular formula is C17H27N3O. The Hall–Kier alpha value is -1.55. The van der Waals surface area contributed by atoms with E-state index in [1.54, 1.807) is 0 Å². The molecule has 1 heterocycles. The number of likely N-dealkylation sites (N-methyl/N-ethyl adjacent to an activating group) is 1. The van der Waals surface area contributed by atoms with Crippen molar-refractivity contribution in [2.75, 3.05) is 25.9 Å². The van der Waals surface area contributed by atoms with Gasteiger partial charge in [-0.2, -0.15) is 0 Å². The first kappa shape index (κ1) is 15.8. The summed E-state index contributed by atoms with van der Waals surface area (Å²) in [6.07, 6.45) is 2.60. The Balaban J connectivity index is 1.87. The van der Waals surface area contributed by atoms with E-state index in [4.69, 9.17) is 5.73 Å². The summed E-state index contributed by atoms with van der Waals surface area (Å²) >= 11 is 0. The van der Waals surface area contributed by atoms with Crippen molar-refractivity contribution < 1.29 is 4.79 Å². The number of likely N-dealkylation sites (tertiary alicyclic amines) is 1. The number of piperidine rings is 1. The molecule has 0 radical (unpaired) electrons. The number of carbonyl (C=O) groups is 1. The zero-order chi connectivity index (χ0) is 15.4. The Morgan fingerprint density at radius 2 is 1.86 bits per heavy atom. The fourth-order valence-corrected chi connectivity index (χ4v) is 2.93. The molecule has 0 atom stereocenters. The Labute approximate surface area is 127 Å². The van der Waals surface area contributed by atoms with Gasteiger partial charge in [-0.15, -0.1) is 0 Å². The van der Waals surface area contributed by atoms with Gasteiger partial charge in [0.1, 0.15) is 0 Å². The van der Waals surface area contributed by atoms with Gasteiger partial charge >= 0.3 is 0 Å². The van der Waals surface area contributed by atoms with Crippen LogP contribution in [0, 0.1) is 0 Å². The van der Waals surface area contributed by atoms with Gasteiger partial charge in [-0.1, -0.05) is 12.1 Å². The zero-order valence-electron chi connectivity index (χ0n) is 13.4. The van der Waals surface area contributed by atoms with Gasteiger partial charge in [0, 0.05) is 37.9 Å². The Bertz CT molecular complexity index is 461. The molecule has 1 aliphatic heterocycles. The summed E-state index contributed by atoms with van der Waals surface area (Å²) in [7, 11) is 1.94. The average Bonchev–Trinajstić information content (AvgIpc) is 2.49. The monoisotopic (exact) mass is 289 g/mol. The number of benzene rings is 1. The van der Waals surface area contributed by atoms with Crippen LogP contribution in [-0.2, 0) is 11.2 Å². The first-order chi connectivity index (χ1) is 9.97. The Morgan fingerprint density at radius 3 is 2.38 bits per heavy atom. The maximum absolute atomic E-state index is 12.4. The van der Waals surface area contributed by atoms with Crippen LogP contribution in [0.4, 0.5) is 5.69 Å². The van der Waals surface area contributed by atoms with Crippen molar-refractivity contribution in [2.24, 2.45) is 0 Å². The van der Waals surface area contributed by atoms with E-state index < -0.39 is 0 Å². The number of nitrogens with zero attached hydrogens (tertiary/aromatic N) is 2. The van der Waals surface area contributed by atoms with Crippen molar-refractivity contribution in [1.29, 1.82) is 0 Å². The van der Waals surface area contributed by atoms with Crippen LogP contribution in [0.25, 0.3) is 0 Å². The number of hydrogen-bond donors (Lipinski definition) is 1. The third-order valence-electron chi connectivity index (χ3n) is 4.51. The molecule has 4 heteroatoms. The molecule has 0 aliphatic carbocycles. The SMILES string of the molecule is CC(C)N1CCC(N(C)C(=O)Cc2ccc(N)cc2)CC1. The summed E-state index contributed by atoms with van der Waals surface area (Å²) in [5, 5.41) is 0.